The highest BCUT2D eigenvalue weighted by molar-refractivity contribution is 7.80. The fourth-order valence-electron chi connectivity index (χ4n) is 4.64. The maximum atomic E-state index is 5.99. The van der Waals surface area contributed by atoms with Crippen LogP contribution in [0.4, 0.5) is 17.6 Å². The number of furan rings is 1. The molecule has 2 aromatic heterocycles. The number of anilines is 3. The number of nitrogens with zero attached hydrogens (tertiary/aromatic N) is 4. The first-order valence-corrected chi connectivity index (χ1v) is 13.3. The Morgan fingerprint density at radius 1 is 0.895 bits per heavy atom. The summed E-state index contributed by atoms with van der Waals surface area (Å²) in [5, 5.41) is 7.49. The zero-order valence-corrected chi connectivity index (χ0v) is 22.3. The number of hydrogen-bond donors (Lipinski definition) is 2. The van der Waals surface area contributed by atoms with Gasteiger partial charge < -0.3 is 29.6 Å². The Bertz CT molecular complexity index is 1410. The van der Waals surface area contributed by atoms with Crippen LogP contribution in [0.3, 0.4) is 0 Å². The highest BCUT2D eigenvalue weighted by Gasteiger charge is 2.23. The third-order valence-electron chi connectivity index (χ3n) is 6.64. The summed E-state index contributed by atoms with van der Waals surface area (Å²) in [5.41, 5.74) is 3.61. The maximum absolute atomic E-state index is 5.99. The van der Waals surface area contributed by atoms with Crippen molar-refractivity contribution in [1.29, 1.82) is 0 Å². The van der Waals surface area contributed by atoms with E-state index in [0.717, 1.165) is 54.9 Å². The summed E-state index contributed by atoms with van der Waals surface area (Å²) < 4.78 is 11.5. The first-order chi connectivity index (χ1) is 18.6. The largest absolute Gasteiger partial charge is 0.459 e. The van der Waals surface area contributed by atoms with Crippen LogP contribution in [-0.2, 0) is 24.4 Å². The molecule has 2 aromatic carbocycles. The number of thiocarbonyl (C=S) groups is 1. The molecule has 8 nitrogen and oxygen atoms in total. The van der Waals surface area contributed by atoms with E-state index in [4.69, 9.17) is 42.9 Å². The molecule has 2 aliphatic rings. The van der Waals surface area contributed by atoms with Crippen molar-refractivity contribution in [2.45, 2.75) is 19.6 Å². The smallest absolute Gasteiger partial charge is 0.232 e. The summed E-state index contributed by atoms with van der Waals surface area (Å²) >= 11 is 11.6. The number of ether oxygens (including phenoxy) is 1. The number of hydrogen-bond acceptors (Lipinski definition) is 7. The normalized spacial score (nSPS) is 14.9. The van der Waals surface area contributed by atoms with E-state index in [2.05, 4.69) is 50.8 Å². The van der Waals surface area contributed by atoms with Gasteiger partial charge in [0.25, 0.3) is 0 Å². The van der Waals surface area contributed by atoms with Crippen molar-refractivity contribution in [2.75, 3.05) is 41.4 Å². The third-order valence-corrected chi connectivity index (χ3v) is 7.14. The van der Waals surface area contributed by atoms with Crippen molar-refractivity contribution in [3.05, 3.63) is 88.6 Å². The van der Waals surface area contributed by atoms with E-state index >= 15 is 0 Å². The molecule has 38 heavy (non-hydrogen) atoms. The second-order valence-electron chi connectivity index (χ2n) is 9.21. The van der Waals surface area contributed by atoms with Gasteiger partial charge in [-0.3, -0.25) is 0 Å². The van der Waals surface area contributed by atoms with Gasteiger partial charge in [0.15, 0.2) is 5.11 Å². The van der Waals surface area contributed by atoms with Gasteiger partial charge in [-0.15, -0.1) is 0 Å². The Hall–Kier alpha value is -3.66. The summed E-state index contributed by atoms with van der Waals surface area (Å²) in [6, 6.07) is 22.0. The molecular weight excluding hydrogens is 520 g/mol. The van der Waals surface area contributed by atoms with Crippen molar-refractivity contribution < 1.29 is 9.15 Å². The number of rotatable bonds is 6. The molecule has 0 unspecified atom stereocenters. The van der Waals surface area contributed by atoms with Gasteiger partial charge in [0, 0.05) is 42.8 Å². The van der Waals surface area contributed by atoms with Gasteiger partial charge in [0.2, 0.25) is 5.95 Å². The van der Waals surface area contributed by atoms with Gasteiger partial charge in [-0.25, -0.2) is 0 Å². The Balaban J connectivity index is 1.15. The zero-order chi connectivity index (χ0) is 25.9. The van der Waals surface area contributed by atoms with Gasteiger partial charge in [0.1, 0.15) is 23.2 Å². The monoisotopic (exact) mass is 546 g/mol. The van der Waals surface area contributed by atoms with E-state index in [1.165, 1.54) is 11.1 Å². The fourth-order valence-corrected chi connectivity index (χ4v) is 4.93. The molecule has 6 rings (SSSR count). The number of halogens is 1. The molecule has 0 atom stereocenters. The van der Waals surface area contributed by atoms with Crippen LogP contribution >= 0.6 is 23.8 Å². The van der Waals surface area contributed by atoms with E-state index in [9.17, 15) is 0 Å². The minimum absolute atomic E-state index is 0.421. The van der Waals surface area contributed by atoms with Crippen molar-refractivity contribution in [3.63, 3.8) is 0 Å². The molecule has 0 saturated carbocycles. The highest BCUT2D eigenvalue weighted by atomic mass is 35.5. The zero-order valence-electron chi connectivity index (χ0n) is 20.7. The topological polar surface area (TPSA) is 78.7 Å². The second-order valence-corrected chi connectivity index (χ2v) is 10.1. The second kappa shape index (κ2) is 11.0. The molecule has 2 aliphatic heterocycles. The van der Waals surface area contributed by atoms with Crippen molar-refractivity contribution in [1.82, 2.24) is 15.3 Å². The first-order valence-electron chi connectivity index (χ1n) is 12.5. The van der Waals surface area contributed by atoms with E-state index in [1.807, 2.05) is 36.4 Å². The fraction of sp³-hybridized carbons (Fsp3) is 0.250. The van der Waals surface area contributed by atoms with E-state index in [-0.39, 0.29) is 0 Å². The van der Waals surface area contributed by atoms with Gasteiger partial charge >= 0.3 is 0 Å². The van der Waals surface area contributed by atoms with Crippen LogP contribution in [0.25, 0.3) is 11.3 Å². The molecule has 0 bridgehead atoms. The lowest BCUT2D eigenvalue weighted by molar-refractivity contribution is 0.122. The van der Waals surface area contributed by atoms with E-state index < -0.39 is 0 Å². The molecule has 10 heteroatoms. The van der Waals surface area contributed by atoms with Gasteiger partial charge in [-0.05, 0) is 59.7 Å². The number of morpholine rings is 1. The Morgan fingerprint density at radius 2 is 1.58 bits per heavy atom. The lowest BCUT2D eigenvalue weighted by Crippen LogP contribution is -2.37. The molecule has 0 aliphatic carbocycles. The molecule has 0 amide bonds. The molecule has 2 N–H and O–H groups in total. The van der Waals surface area contributed by atoms with Crippen molar-refractivity contribution >= 4 is 46.5 Å². The Morgan fingerprint density at radius 3 is 2.29 bits per heavy atom. The molecule has 0 spiro atoms. The lowest BCUT2D eigenvalue weighted by atomic mass is 10.1. The SMILES string of the molecule is S=C(NCc1ccc(-c2ccc(Cl)cc2)o1)Nc1nc(N2CCOCC2)cc(N2Cc3ccccc3C2)n1. The molecular formula is C28H27ClN6O2S. The Labute approximate surface area is 231 Å². The Kier molecular flexibility index (Phi) is 7.13. The minimum Gasteiger partial charge on any atom is -0.459 e. The minimum atomic E-state index is 0.421. The van der Waals surface area contributed by atoms with Crippen LogP contribution in [0.5, 0.6) is 0 Å². The molecule has 4 aromatic rings. The average Bonchev–Trinajstić information content (AvgIpc) is 3.60. The number of fused-ring (bicyclic) bond motifs is 1. The predicted molar refractivity (Wildman–Crippen MR) is 154 cm³/mol. The van der Waals surface area contributed by atoms with Crippen LogP contribution in [-0.4, -0.2) is 41.4 Å². The molecule has 1 fully saturated rings. The summed E-state index contributed by atoms with van der Waals surface area (Å²) in [4.78, 5) is 14.1. The van der Waals surface area contributed by atoms with Gasteiger partial charge in [-0.1, -0.05) is 35.9 Å². The predicted octanol–water partition coefficient (Wildman–Crippen LogP) is 5.23. The van der Waals surface area contributed by atoms with Crippen LogP contribution in [0, 0.1) is 0 Å². The standard InChI is InChI=1S/C28H27ClN6O2S/c29-22-7-5-19(6-8-22)24-10-9-23(37-24)16-30-28(38)33-27-31-25(34-11-13-36-14-12-34)15-26(32-27)35-17-20-3-1-2-4-21(20)18-35/h1-10,15H,11-14,16-18H2,(H2,30,31,32,33,38). The first kappa shape index (κ1) is 24.7. The molecule has 1 saturated heterocycles. The van der Waals surface area contributed by atoms with Crippen LogP contribution in [0.1, 0.15) is 16.9 Å². The highest BCUT2D eigenvalue weighted by Crippen LogP contribution is 2.30. The number of nitrogens with one attached hydrogen (secondary N) is 2. The quantitative estimate of drug-likeness (QED) is 0.316. The lowest BCUT2D eigenvalue weighted by Gasteiger charge is -2.29. The summed E-state index contributed by atoms with van der Waals surface area (Å²) in [6.45, 7) is 4.98. The number of aromatic nitrogens is 2. The van der Waals surface area contributed by atoms with Crippen LogP contribution in [0.2, 0.25) is 5.02 Å². The maximum Gasteiger partial charge on any atom is 0.232 e. The van der Waals surface area contributed by atoms with Crippen molar-refractivity contribution in [3.8, 4) is 11.3 Å². The van der Waals surface area contributed by atoms with Gasteiger partial charge in [0.05, 0.1) is 19.8 Å². The summed E-state index contributed by atoms with van der Waals surface area (Å²) in [7, 11) is 0. The number of benzene rings is 2. The summed E-state index contributed by atoms with van der Waals surface area (Å²) in [6.07, 6.45) is 0. The molecule has 4 heterocycles. The van der Waals surface area contributed by atoms with E-state index in [1.54, 1.807) is 0 Å². The average molecular weight is 547 g/mol. The van der Waals surface area contributed by atoms with Gasteiger partial charge in [-0.2, -0.15) is 9.97 Å². The summed E-state index contributed by atoms with van der Waals surface area (Å²) in [5.74, 6) is 3.71. The van der Waals surface area contributed by atoms with Crippen LogP contribution in [0.15, 0.2) is 71.1 Å². The molecule has 194 valence electrons. The van der Waals surface area contributed by atoms with Crippen molar-refractivity contribution in [2.24, 2.45) is 0 Å². The third kappa shape index (κ3) is 5.60. The van der Waals surface area contributed by atoms with E-state index in [0.29, 0.717) is 35.8 Å². The van der Waals surface area contributed by atoms with Crippen LogP contribution < -0.4 is 20.4 Å². The molecule has 0 radical (unpaired) electrons.